The van der Waals surface area contributed by atoms with E-state index < -0.39 is 0 Å². The summed E-state index contributed by atoms with van der Waals surface area (Å²) in [7, 11) is 1.61. The Morgan fingerprint density at radius 2 is 1.90 bits per heavy atom. The fourth-order valence-corrected chi connectivity index (χ4v) is 3.40. The van der Waals surface area contributed by atoms with E-state index in [1.165, 1.54) is 25.3 Å². The minimum atomic E-state index is -0.242. The lowest BCUT2D eigenvalue weighted by Gasteiger charge is -2.11. The lowest BCUT2D eigenvalue weighted by molar-refractivity contribution is -0.111. The molecule has 0 aliphatic carbocycles. The number of carbonyl (C=O) groups is 1. The van der Waals surface area contributed by atoms with E-state index in [-0.39, 0.29) is 5.91 Å². The average Bonchev–Trinajstić information content (AvgIpc) is 2.69. The summed E-state index contributed by atoms with van der Waals surface area (Å²) in [6, 6.07) is 9.45. The Morgan fingerprint density at radius 3 is 2.59 bits per heavy atom. The van der Waals surface area contributed by atoms with Crippen LogP contribution in [0.1, 0.15) is 49.3 Å². The Bertz CT molecular complexity index is 838. The van der Waals surface area contributed by atoms with Crippen LogP contribution in [0.5, 0.6) is 11.5 Å². The second kappa shape index (κ2) is 11.5. The van der Waals surface area contributed by atoms with Gasteiger partial charge in [0, 0.05) is 6.08 Å². The molecule has 0 bridgehead atoms. The van der Waals surface area contributed by atoms with E-state index in [4.69, 9.17) is 21.1 Å². The number of rotatable bonds is 10. The van der Waals surface area contributed by atoms with Crippen molar-refractivity contribution in [3.05, 3.63) is 58.1 Å². The molecule has 4 nitrogen and oxygen atoms in total. The molecule has 0 fully saturated rings. The summed E-state index contributed by atoms with van der Waals surface area (Å²) >= 11 is 6.25. The van der Waals surface area contributed by atoms with Crippen LogP contribution in [0.25, 0.3) is 6.08 Å². The van der Waals surface area contributed by atoms with Gasteiger partial charge in [-0.25, -0.2) is 0 Å². The van der Waals surface area contributed by atoms with E-state index >= 15 is 0 Å². The van der Waals surface area contributed by atoms with Gasteiger partial charge in [0.15, 0.2) is 11.5 Å². The molecule has 0 aliphatic heterocycles. The fraction of sp³-hybridized carbons (Fsp3) is 0.375. The molecule has 0 saturated carbocycles. The number of methoxy groups -OCH3 is 1. The number of nitrogens with one attached hydrogen (secondary N) is 1. The number of aryl methyl sites for hydroxylation is 2. The molecule has 2 rings (SSSR count). The first-order valence-corrected chi connectivity index (χ1v) is 10.4. The molecule has 1 N–H and O–H groups in total. The van der Waals surface area contributed by atoms with E-state index in [0.29, 0.717) is 28.8 Å². The van der Waals surface area contributed by atoms with Crippen molar-refractivity contribution < 1.29 is 14.3 Å². The summed E-state index contributed by atoms with van der Waals surface area (Å²) in [5, 5.41) is 3.38. The highest BCUT2D eigenvalue weighted by Crippen LogP contribution is 2.29. The monoisotopic (exact) mass is 415 g/mol. The fourth-order valence-electron chi connectivity index (χ4n) is 3.03. The molecule has 0 spiro atoms. The van der Waals surface area contributed by atoms with Crippen molar-refractivity contribution in [1.82, 2.24) is 0 Å². The maximum absolute atomic E-state index is 12.3. The second-order valence-electron chi connectivity index (χ2n) is 7.08. The van der Waals surface area contributed by atoms with Gasteiger partial charge < -0.3 is 14.8 Å². The first-order chi connectivity index (χ1) is 13.9. The van der Waals surface area contributed by atoms with E-state index in [1.807, 2.05) is 44.2 Å². The van der Waals surface area contributed by atoms with Gasteiger partial charge in [-0.3, -0.25) is 4.79 Å². The lowest BCUT2D eigenvalue weighted by atomic mass is 10.1. The molecular weight excluding hydrogens is 386 g/mol. The lowest BCUT2D eigenvalue weighted by Crippen LogP contribution is -2.09. The van der Waals surface area contributed by atoms with Crippen LogP contribution < -0.4 is 14.8 Å². The predicted molar refractivity (Wildman–Crippen MR) is 121 cm³/mol. The van der Waals surface area contributed by atoms with Gasteiger partial charge in [0.2, 0.25) is 5.91 Å². The van der Waals surface area contributed by atoms with E-state index in [2.05, 4.69) is 12.2 Å². The van der Waals surface area contributed by atoms with Crippen molar-refractivity contribution in [1.29, 1.82) is 0 Å². The number of benzene rings is 2. The van der Waals surface area contributed by atoms with E-state index in [0.717, 1.165) is 23.1 Å². The second-order valence-corrected chi connectivity index (χ2v) is 7.49. The Hall–Kier alpha value is -2.46. The molecule has 0 saturated heterocycles. The molecule has 0 radical (unpaired) electrons. The van der Waals surface area contributed by atoms with Crippen molar-refractivity contribution in [2.24, 2.45) is 0 Å². The molecule has 5 heteroatoms. The molecule has 0 aromatic heterocycles. The zero-order valence-corrected chi connectivity index (χ0v) is 18.4. The van der Waals surface area contributed by atoms with Gasteiger partial charge in [0.1, 0.15) is 0 Å². The van der Waals surface area contributed by atoms with Crippen molar-refractivity contribution >= 4 is 29.3 Å². The number of anilines is 1. The molecule has 0 atom stereocenters. The van der Waals surface area contributed by atoms with Crippen LogP contribution in [0.3, 0.4) is 0 Å². The maximum atomic E-state index is 12.3. The SMILES string of the molecule is CCCCCCOc1ccc(C=CC(=O)Nc2c(C)cc(C)cc2Cl)cc1OC. The van der Waals surface area contributed by atoms with Crippen LogP contribution in [0.15, 0.2) is 36.4 Å². The molecule has 29 heavy (non-hydrogen) atoms. The van der Waals surface area contributed by atoms with Crippen LogP contribution in [0, 0.1) is 13.8 Å². The minimum Gasteiger partial charge on any atom is -0.493 e. The molecule has 156 valence electrons. The van der Waals surface area contributed by atoms with Crippen molar-refractivity contribution in [3.63, 3.8) is 0 Å². The molecule has 1 amide bonds. The molecule has 2 aromatic carbocycles. The zero-order valence-electron chi connectivity index (χ0n) is 17.7. The Morgan fingerprint density at radius 1 is 1.10 bits per heavy atom. The van der Waals surface area contributed by atoms with Crippen molar-refractivity contribution in [2.75, 3.05) is 19.0 Å². The Balaban J connectivity index is 2.00. The number of hydrogen-bond donors (Lipinski definition) is 1. The van der Waals surface area contributed by atoms with Crippen LogP contribution in [-0.4, -0.2) is 19.6 Å². The standard InChI is InChI=1S/C24H30ClNO3/c1-5-6-7-8-13-29-21-11-9-19(16-22(21)28-4)10-12-23(27)26-24-18(3)14-17(2)15-20(24)25/h9-12,14-16H,5-8,13H2,1-4H3,(H,26,27). The summed E-state index contributed by atoms with van der Waals surface area (Å²) in [6.45, 7) is 6.75. The highest BCUT2D eigenvalue weighted by Gasteiger charge is 2.08. The van der Waals surface area contributed by atoms with Gasteiger partial charge in [-0.1, -0.05) is 49.9 Å². The van der Waals surface area contributed by atoms with Gasteiger partial charge in [-0.05, 0) is 61.2 Å². The molecule has 2 aromatic rings. The van der Waals surface area contributed by atoms with Gasteiger partial charge >= 0.3 is 0 Å². The van der Waals surface area contributed by atoms with Crippen LogP contribution in [0.4, 0.5) is 5.69 Å². The Kier molecular flexibility index (Phi) is 9.07. The maximum Gasteiger partial charge on any atom is 0.248 e. The zero-order chi connectivity index (χ0) is 21.2. The number of hydrogen-bond acceptors (Lipinski definition) is 3. The number of ether oxygens (including phenoxy) is 2. The summed E-state index contributed by atoms with van der Waals surface area (Å²) in [6.07, 6.45) is 7.84. The summed E-state index contributed by atoms with van der Waals surface area (Å²) in [5.74, 6) is 1.13. The molecule has 0 heterocycles. The van der Waals surface area contributed by atoms with Gasteiger partial charge in [-0.2, -0.15) is 0 Å². The molecule has 0 unspecified atom stereocenters. The normalized spacial score (nSPS) is 10.9. The largest absolute Gasteiger partial charge is 0.493 e. The number of carbonyl (C=O) groups excluding carboxylic acids is 1. The van der Waals surface area contributed by atoms with Crippen LogP contribution in [-0.2, 0) is 4.79 Å². The molecule has 0 aliphatic rings. The predicted octanol–water partition coefficient (Wildman–Crippen LogP) is 6.58. The van der Waals surface area contributed by atoms with Gasteiger partial charge in [0.25, 0.3) is 0 Å². The quantitative estimate of drug-likeness (QED) is 0.352. The number of amides is 1. The summed E-state index contributed by atoms with van der Waals surface area (Å²) in [5.41, 5.74) is 3.47. The first-order valence-electron chi connectivity index (χ1n) is 10.0. The third-order valence-electron chi connectivity index (χ3n) is 4.55. The number of unbranched alkanes of at least 4 members (excludes halogenated alkanes) is 3. The molecular formula is C24H30ClNO3. The van der Waals surface area contributed by atoms with Crippen molar-refractivity contribution in [3.8, 4) is 11.5 Å². The number of halogens is 1. The van der Waals surface area contributed by atoms with Gasteiger partial charge in [-0.15, -0.1) is 0 Å². The van der Waals surface area contributed by atoms with Crippen LogP contribution in [0.2, 0.25) is 5.02 Å². The minimum absolute atomic E-state index is 0.242. The van der Waals surface area contributed by atoms with E-state index in [1.54, 1.807) is 13.2 Å². The highest BCUT2D eigenvalue weighted by atomic mass is 35.5. The first kappa shape index (κ1) is 22.8. The smallest absolute Gasteiger partial charge is 0.248 e. The van der Waals surface area contributed by atoms with E-state index in [9.17, 15) is 4.79 Å². The summed E-state index contributed by atoms with van der Waals surface area (Å²) in [4.78, 5) is 12.3. The van der Waals surface area contributed by atoms with Crippen molar-refractivity contribution in [2.45, 2.75) is 46.5 Å². The third-order valence-corrected chi connectivity index (χ3v) is 4.85. The summed E-state index contributed by atoms with van der Waals surface area (Å²) < 4.78 is 11.3. The third kappa shape index (κ3) is 7.13. The van der Waals surface area contributed by atoms with Crippen LogP contribution >= 0.6 is 11.6 Å². The average molecular weight is 416 g/mol. The Labute approximate surface area is 178 Å². The topological polar surface area (TPSA) is 47.6 Å². The van der Waals surface area contributed by atoms with Gasteiger partial charge in [0.05, 0.1) is 24.4 Å². The highest BCUT2D eigenvalue weighted by molar-refractivity contribution is 6.34.